The maximum atomic E-state index is 4.98. The average Bonchev–Trinajstić information content (AvgIpc) is 3.08. The van der Waals surface area contributed by atoms with Crippen molar-refractivity contribution in [2.45, 2.75) is 57.5 Å². The fraction of sp³-hybridized carbons (Fsp3) is 0.500. The monoisotopic (exact) mass is 298 g/mol. The topological polar surface area (TPSA) is 24.9 Å². The summed E-state index contributed by atoms with van der Waals surface area (Å²) in [5.41, 5.74) is 4.25. The quantitative estimate of drug-likeness (QED) is 0.901. The van der Waals surface area contributed by atoms with Crippen LogP contribution in [0.3, 0.4) is 0 Å². The molecule has 0 saturated heterocycles. The second kappa shape index (κ2) is 5.54. The Kier molecular flexibility index (Phi) is 3.56. The van der Waals surface area contributed by atoms with Crippen LogP contribution in [-0.2, 0) is 19.3 Å². The number of hydrogen-bond donors (Lipinski definition) is 1. The zero-order valence-electron chi connectivity index (χ0n) is 12.6. The zero-order chi connectivity index (χ0) is 14.2. The lowest BCUT2D eigenvalue weighted by Gasteiger charge is -2.20. The van der Waals surface area contributed by atoms with E-state index in [1.54, 1.807) is 0 Å². The number of thiazole rings is 1. The van der Waals surface area contributed by atoms with E-state index in [1.807, 2.05) is 11.3 Å². The van der Waals surface area contributed by atoms with E-state index in [-0.39, 0.29) is 0 Å². The van der Waals surface area contributed by atoms with Crippen LogP contribution >= 0.6 is 11.3 Å². The molecular formula is C18H22N2S. The molecule has 4 rings (SSSR count). The summed E-state index contributed by atoms with van der Waals surface area (Å²) in [7, 11) is 0. The number of benzene rings is 1. The number of nitrogens with one attached hydrogen (secondary N) is 1. The summed E-state index contributed by atoms with van der Waals surface area (Å²) in [6.45, 7) is 2.24. The van der Waals surface area contributed by atoms with Crippen LogP contribution in [0.2, 0.25) is 0 Å². The van der Waals surface area contributed by atoms with E-state index in [4.69, 9.17) is 4.98 Å². The number of rotatable bonds is 5. The van der Waals surface area contributed by atoms with Crippen LogP contribution in [0.1, 0.15) is 58.9 Å². The van der Waals surface area contributed by atoms with Crippen molar-refractivity contribution in [3.8, 4) is 0 Å². The molecule has 3 heteroatoms. The third-order valence-electron chi connectivity index (χ3n) is 4.59. The van der Waals surface area contributed by atoms with E-state index in [1.165, 1.54) is 58.8 Å². The van der Waals surface area contributed by atoms with Gasteiger partial charge in [-0.25, -0.2) is 4.98 Å². The molecule has 1 fully saturated rings. The summed E-state index contributed by atoms with van der Waals surface area (Å²) >= 11 is 1.94. The molecule has 2 nitrogen and oxygen atoms in total. The fourth-order valence-electron chi connectivity index (χ4n) is 3.25. The molecule has 2 aromatic rings. The molecule has 2 aliphatic carbocycles. The van der Waals surface area contributed by atoms with E-state index in [2.05, 4.69) is 36.5 Å². The van der Waals surface area contributed by atoms with E-state index in [0.717, 1.165) is 6.42 Å². The lowest BCUT2D eigenvalue weighted by atomic mass is 9.98. The van der Waals surface area contributed by atoms with Gasteiger partial charge in [0.15, 0.2) is 0 Å². The highest BCUT2D eigenvalue weighted by Crippen LogP contribution is 2.36. The van der Waals surface area contributed by atoms with Crippen molar-refractivity contribution < 1.29 is 0 Å². The normalized spacial score (nSPS) is 18.7. The number of fused-ring (bicyclic) bond motifs is 1. The predicted octanol–water partition coefficient (Wildman–Crippen LogP) is 4.04. The molecule has 0 amide bonds. The van der Waals surface area contributed by atoms with Crippen molar-refractivity contribution >= 4 is 11.3 Å². The predicted molar refractivity (Wildman–Crippen MR) is 88.0 cm³/mol. The van der Waals surface area contributed by atoms with Gasteiger partial charge in [-0.05, 0) is 49.7 Å². The van der Waals surface area contributed by atoms with Crippen LogP contribution in [0.25, 0.3) is 0 Å². The first-order valence-electron chi connectivity index (χ1n) is 8.17. The van der Waals surface area contributed by atoms with E-state index >= 15 is 0 Å². The molecule has 1 aromatic carbocycles. The van der Waals surface area contributed by atoms with E-state index in [0.29, 0.717) is 12.1 Å². The van der Waals surface area contributed by atoms with Gasteiger partial charge in [-0.3, -0.25) is 0 Å². The Labute approximate surface area is 130 Å². The van der Waals surface area contributed by atoms with Crippen LogP contribution in [0.4, 0.5) is 0 Å². The molecule has 1 aromatic heterocycles. The van der Waals surface area contributed by atoms with Gasteiger partial charge >= 0.3 is 0 Å². The minimum atomic E-state index is 0.296. The van der Waals surface area contributed by atoms with Crippen LogP contribution in [-0.4, -0.2) is 11.0 Å². The molecular weight excluding hydrogens is 276 g/mol. The first-order chi connectivity index (χ1) is 10.3. The van der Waals surface area contributed by atoms with Crippen molar-refractivity contribution in [1.29, 1.82) is 0 Å². The van der Waals surface area contributed by atoms with E-state index in [9.17, 15) is 0 Å². The Morgan fingerprint density at radius 1 is 1.29 bits per heavy atom. The fourth-order valence-corrected chi connectivity index (χ4v) is 4.48. The number of nitrogens with zero attached hydrogens (tertiary/aromatic N) is 1. The summed E-state index contributed by atoms with van der Waals surface area (Å²) in [4.78, 5) is 6.51. The van der Waals surface area contributed by atoms with Crippen molar-refractivity contribution in [2.75, 3.05) is 0 Å². The third-order valence-corrected chi connectivity index (χ3v) is 5.81. The molecule has 21 heavy (non-hydrogen) atoms. The molecule has 0 bridgehead atoms. The smallest absolute Gasteiger partial charge is 0.115 e. The van der Waals surface area contributed by atoms with Crippen molar-refractivity contribution in [1.82, 2.24) is 10.3 Å². The number of aromatic nitrogens is 1. The molecule has 2 aliphatic rings. The molecule has 1 unspecified atom stereocenters. The van der Waals surface area contributed by atoms with Crippen molar-refractivity contribution in [3.63, 3.8) is 0 Å². The lowest BCUT2D eigenvalue weighted by molar-refractivity contribution is 0.592. The Morgan fingerprint density at radius 2 is 2.14 bits per heavy atom. The molecule has 1 atom stereocenters. The first kappa shape index (κ1) is 13.5. The molecule has 1 N–H and O–H groups in total. The second-order valence-electron chi connectivity index (χ2n) is 6.20. The molecule has 0 aliphatic heterocycles. The summed E-state index contributed by atoms with van der Waals surface area (Å²) < 4.78 is 0. The molecule has 110 valence electrons. The maximum Gasteiger partial charge on any atom is 0.115 e. The van der Waals surface area contributed by atoms with Gasteiger partial charge in [0.2, 0.25) is 0 Å². The van der Waals surface area contributed by atoms with Gasteiger partial charge in [-0.1, -0.05) is 31.2 Å². The molecule has 0 spiro atoms. The summed E-state index contributed by atoms with van der Waals surface area (Å²) in [6, 6.07) is 9.85. The van der Waals surface area contributed by atoms with Gasteiger partial charge in [0, 0.05) is 10.9 Å². The van der Waals surface area contributed by atoms with Gasteiger partial charge in [0.05, 0.1) is 11.7 Å². The highest BCUT2D eigenvalue weighted by molar-refractivity contribution is 7.11. The molecule has 1 saturated carbocycles. The first-order valence-corrected chi connectivity index (χ1v) is 8.99. The minimum absolute atomic E-state index is 0.296. The minimum Gasteiger partial charge on any atom is -0.301 e. The number of aryl methyl sites for hydroxylation is 3. The largest absolute Gasteiger partial charge is 0.301 e. The van der Waals surface area contributed by atoms with Gasteiger partial charge < -0.3 is 5.32 Å². The van der Waals surface area contributed by atoms with Crippen molar-refractivity contribution in [3.05, 3.63) is 51.0 Å². The summed E-state index contributed by atoms with van der Waals surface area (Å²) in [6.07, 6.45) is 7.42. The van der Waals surface area contributed by atoms with Gasteiger partial charge in [-0.15, -0.1) is 11.3 Å². The standard InChI is InChI=1S/C18H22N2S/c1-2-12-6-3-4-7-14(12)17(19-13-10-11-13)18-20-15-8-5-9-16(15)21-18/h3-4,6-7,13,17,19H,2,5,8-11H2,1H3. The summed E-state index contributed by atoms with van der Waals surface area (Å²) in [5, 5.41) is 5.12. The lowest BCUT2D eigenvalue weighted by Crippen LogP contribution is -2.25. The Bertz CT molecular complexity index is 621. The highest BCUT2D eigenvalue weighted by atomic mass is 32.1. The van der Waals surface area contributed by atoms with Crippen LogP contribution in [0, 0.1) is 0 Å². The van der Waals surface area contributed by atoms with Crippen LogP contribution in [0.15, 0.2) is 24.3 Å². The second-order valence-corrected chi connectivity index (χ2v) is 7.32. The van der Waals surface area contributed by atoms with Gasteiger partial charge in [0.1, 0.15) is 5.01 Å². The molecule has 1 heterocycles. The average molecular weight is 298 g/mol. The van der Waals surface area contributed by atoms with Crippen LogP contribution in [0.5, 0.6) is 0 Å². The SMILES string of the molecule is CCc1ccccc1C(NC1CC1)c1nc2c(s1)CCC2. The molecule has 0 radical (unpaired) electrons. The van der Waals surface area contributed by atoms with Gasteiger partial charge in [0.25, 0.3) is 0 Å². The van der Waals surface area contributed by atoms with Crippen LogP contribution < -0.4 is 5.32 Å². The number of hydrogen-bond acceptors (Lipinski definition) is 3. The summed E-state index contributed by atoms with van der Waals surface area (Å²) in [5.74, 6) is 0. The van der Waals surface area contributed by atoms with Gasteiger partial charge in [-0.2, -0.15) is 0 Å². The maximum absolute atomic E-state index is 4.98. The highest BCUT2D eigenvalue weighted by Gasteiger charge is 2.30. The zero-order valence-corrected chi connectivity index (χ0v) is 13.4. The van der Waals surface area contributed by atoms with E-state index < -0.39 is 0 Å². The Balaban J connectivity index is 1.72. The van der Waals surface area contributed by atoms with Crippen molar-refractivity contribution in [2.24, 2.45) is 0 Å². The third kappa shape index (κ3) is 2.65. The Morgan fingerprint density at radius 3 is 2.90 bits per heavy atom. The Hall–Kier alpha value is -1.19.